The molecule has 2 rings (SSSR count). The smallest absolute Gasteiger partial charge is 0.150 e. The van der Waals surface area contributed by atoms with Gasteiger partial charge in [-0.3, -0.25) is 4.68 Å². The number of nitrogens with zero attached hydrogens (tertiary/aromatic N) is 3. The molecule has 1 aromatic heterocycles. The van der Waals surface area contributed by atoms with E-state index in [4.69, 9.17) is 5.73 Å². The van der Waals surface area contributed by atoms with Crippen LogP contribution in [0, 0.1) is 5.92 Å². The normalized spacial score (nSPS) is 24.2. The zero-order valence-electron chi connectivity index (χ0n) is 12.1. The SMILES string of the molecule is CCc1nn(C)c(N(C)C2CCC(C)CC2)c1N. The van der Waals surface area contributed by atoms with Crippen LogP contribution in [0.3, 0.4) is 0 Å². The summed E-state index contributed by atoms with van der Waals surface area (Å²) in [6.45, 7) is 4.45. The summed E-state index contributed by atoms with van der Waals surface area (Å²) in [4.78, 5) is 2.34. The molecule has 0 amide bonds. The topological polar surface area (TPSA) is 47.1 Å². The fourth-order valence-corrected chi connectivity index (χ4v) is 3.07. The van der Waals surface area contributed by atoms with Crippen molar-refractivity contribution >= 4 is 11.5 Å². The Balaban J connectivity index is 2.18. The fourth-order valence-electron chi connectivity index (χ4n) is 3.07. The molecule has 18 heavy (non-hydrogen) atoms. The molecule has 2 N–H and O–H groups in total. The molecule has 102 valence electrons. The Morgan fingerprint density at radius 2 is 1.94 bits per heavy atom. The van der Waals surface area contributed by atoms with Crippen LogP contribution in [0.4, 0.5) is 11.5 Å². The minimum Gasteiger partial charge on any atom is -0.394 e. The summed E-state index contributed by atoms with van der Waals surface area (Å²) in [6.07, 6.45) is 6.09. The van der Waals surface area contributed by atoms with Crippen molar-refractivity contribution in [2.24, 2.45) is 13.0 Å². The third-order valence-electron chi connectivity index (χ3n) is 4.33. The van der Waals surface area contributed by atoms with Crippen molar-refractivity contribution < 1.29 is 0 Å². The van der Waals surface area contributed by atoms with Gasteiger partial charge in [-0.05, 0) is 38.0 Å². The van der Waals surface area contributed by atoms with E-state index < -0.39 is 0 Å². The molecule has 4 nitrogen and oxygen atoms in total. The lowest BCUT2D eigenvalue weighted by Gasteiger charge is -2.35. The lowest BCUT2D eigenvalue weighted by Crippen LogP contribution is -2.36. The third kappa shape index (κ3) is 2.33. The first kappa shape index (κ1) is 13.2. The van der Waals surface area contributed by atoms with Crippen LogP contribution >= 0.6 is 0 Å². The number of nitrogens with two attached hydrogens (primary N) is 1. The molecule has 0 aliphatic heterocycles. The van der Waals surface area contributed by atoms with Gasteiger partial charge in [-0.25, -0.2) is 0 Å². The summed E-state index contributed by atoms with van der Waals surface area (Å²) < 4.78 is 1.94. The van der Waals surface area contributed by atoms with E-state index in [1.165, 1.54) is 25.7 Å². The Morgan fingerprint density at radius 1 is 1.33 bits per heavy atom. The van der Waals surface area contributed by atoms with Crippen LogP contribution in [-0.4, -0.2) is 22.9 Å². The summed E-state index contributed by atoms with van der Waals surface area (Å²) in [6, 6.07) is 0.614. The summed E-state index contributed by atoms with van der Waals surface area (Å²) >= 11 is 0. The molecule has 1 heterocycles. The molecule has 1 aliphatic rings. The molecule has 1 fully saturated rings. The number of aryl methyl sites for hydroxylation is 2. The molecule has 4 heteroatoms. The van der Waals surface area contributed by atoms with Gasteiger partial charge in [0.2, 0.25) is 0 Å². The van der Waals surface area contributed by atoms with Crippen molar-refractivity contribution in [2.75, 3.05) is 17.7 Å². The second-order valence-electron chi connectivity index (χ2n) is 5.69. The predicted octanol–water partition coefficient (Wildman–Crippen LogP) is 2.58. The second kappa shape index (κ2) is 5.21. The van der Waals surface area contributed by atoms with Gasteiger partial charge in [0, 0.05) is 20.1 Å². The Hall–Kier alpha value is -1.19. The van der Waals surface area contributed by atoms with E-state index in [-0.39, 0.29) is 0 Å². The lowest BCUT2D eigenvalue weighted by atomic mass is 9.87. The van der Waals surface area contributed by atoms with Crippen LogP contribution in [0.2, 0.25) is 0 Å². The number of rotatable bonds is 3. The van der Waals surface area contributed by atoms with Crippen LogP contribution in [0.25, 0.3) is 0 Å². The first-order valence-electron chi connectivity index (χ1n) is 7.08. The van der Waals surface area contributed by atoms with Crippen molar-refractivity contribution in [1.29, 1.82) is 0 Å². The van der Waals surface area contributed by atoms with E-state index in [0.717, 1.165) is 29.5 Å². The van der Waals surface area contributed by atoms with Crippen LogP contribution in [0.15, 0.2) is 0 Å². The highest BCUT2D eigenvalue weighted by atomic mass is 15.4. The van der Waals surface area contributed by atoms with E-state index in [0.29, 0.717) is 6.04 Å². The number of aromatic nitrogens is 2. The van der Waals surface area contributed by atoms with Gasteiger partial charge in [0.15, 0.2) is 0 Å². The number of hydrogen-bond donors (Lipinski definition) is 1. The molecule has 0 bridgehead atoms. The van der Waals surface area contributed by atoms with Crippen molar-refractivity contribution in [1.82, 2.24) is 9.78 Å². The number of hydrogen-bond acceptors (Lipinski definition) is 3. The molecule has 0 atom stereocenters. The van der Waals surface area contributed by atoms with E-state index >= 15 is 0 Å². The molecule has 0 saturated heterocycles. The van der Waals surface area contributed by atoms with Gasteiger partial charge in [0.1, 0.15) is 5.82 Å². The van der Waals surface area contributed by atoms with E-state index in [9.17, 15) is 0 Å². The van der Waals surface area contributed by atoms with Crippen LogP contribution in [-0.2, 0) is 13.5 Å². The number of nitrogen functional groups attached to an aromatic ring is 1. The molecular formula is C14H26N4. The summed E-state index contributed by atoms with van der Waals surface area (Å²) in [5.41, 5.74) is 8.10. The fraction of sp³-hybridized carbons (Fsp3) is 0.786. The van der Waals surface area contributed by atoms with E-state index in [1.807, 2.05) is 11.7 Å². The minimum atomic E-state index is 0.614. The summed E-state index contributed by atoms with van der Waals surface area (Å²) in [7, 11) is 4.15. The number of anilines is 2. The van der Waals surface area contributed by atoms with Gasteiger partial charge in [-0.1, -0.05) is 13.8 Å². The van der Waals surface area contributed by atoms with Crippen LogP contribution in [0.5, 0.6) is 0 Å². The molecular weight excluding hydrogens is 224 g/mol. The highest BCUT2D eigenvalue weighted by Gasteiger charge is 2.25. The first-order chi connectivity index (χ1) is 8.54. The Labute approximate surface area is 110 Å². The molecule has 0 radical (unpaired) electrons. The molecule has 0 aromatic carbocycles. The Morgan fingerprint density at radius 3 is 2.44 bits per heavy atom. The second-order valence-corrected chi connectivity index (χ2v) is 5.69. The lowest BCUT2D eigenvalue weighted by molar-refractivity contribution is 0.339. The van der Waals surface area contributed by atoms with Crippen molar-refractivity contribution in [3.63, 3.8) is 0 Å². The highest BCUT2D eigenvalue weighted by Crippen LogP contribution is 2.33. The van der Waals surface area contributed by atoms with Gasteiger partial charge < -0.3 is 10.6 Å². The standard InChI is InChI=1S/C14H26N4/c1-5-12-13(15)14(18(4)16-12)17(3)11-8-6-10(2)7-9-11/h10-11H,5-9,15H2,1-4H3. The Kier molecular flexibility index (Phi) is 3.83. The molecule has 1 aliphatic carbocycles. The quantitative estimate of drug-likeness (QED) is 0.897. The molecule has 0 unspecified atom stereocenters. The first-order valence-corrected chi connectivity index (χ1v) is 7.08. The Bertz CT molecular complexity index is 402. The molecule has 0 spiro atoms. The van der Waals surface area contributed by atoms with Crippen molar-refractivity contribution in [3.05, 3.63) is 5.69 Å². The van der Waals surface area contributed by atoms with Gasteiger partial charge in [-0.15, -0.1) is 0 Å². The molecule has 1 aromatic rings. The average Bonchev–Trinajstić information content (AvgIpc) is 2.64. The average molecular weight is 250 g/mol. The monoisotopic (exact) mass is 250 g/mol. The van der Waals surface area contributed by atoms with E-state index in [1.54, 1.807) is 0 Å². The third-order valence-corrected chi connectivity index (χ3v) is 4.33. The van der Waals surface area contributed by atoms with Gasteiger partial charge in [0.25, 0.3) is 0 Å². The highest BCUT2D eigenvalue weighted by molar-refractivity contribution is 5.66. The maximum atomic E-state index is 6.22. The zero-order valence-corrected chi connectivity index (χ0v) is 12.1. The maximum absolute atomic E-state index is 6.22. The van der Waals surface area contributed by atoms with Crippen LogP contribution in [0.1, 0.15) is 45.2 Å². The minimum absolute atomic E-state index is 0.614. The van der Waals surface area contributed by atoms with Crippen molar-refractivity contribution in [3.8, 4) is 0 Å². The van der Waals surface area contributed by atoms with Crippen LogP contribution < -0.4 is 10.6 Å². The zero-order chi connectivity index (χ0) is 13.3. The summed E-state index contributed by atoms with van der Waals surface area (Å²) in [5, 5.41) is 4.51. The van der Waals surface area contributed by atoms with Crippen molar-refractivity contribution in [2.45, 2.75) is 52.0 Å². The van der Waals surface area contributed by atoms with Gasteiger partial charge in [-0.2, -0.15) is 5.10 Å². The maximum Gasteiger partial charge on any atom is 0.150 e. The molecule has 1 saturated carbocycles. The predicted molar refractivity (Wildman–Crippen MR) is 76.8 cm³/mol. The largest absolute Gasteiger partial charge is 0.394 e. The van der Waals surface area contributed by atoms with Gasteiger partial charge >= 0.3 is 0 Å². The van der Waals surface area contributed by atoms with Gasteiger partial charge in [0.05, 0.1) is 11.4 Å². The van der Waals surface area contributed by atoms with E-state index in [2.05, 4.69) is 30.9 Å². The summed E-state index contributed by atoms with van der Waals surface area (Å²) in [5.74, 6) is 1.97.